The van der Waals surface area contributed by atoms with Crippen LogP contribution >= 0.6 is 11.8 Å². The number of halogens is 1. The molecule has 1 rings (SSSR count). The summed E-state index contributed by atoms with van der Waals surface area (Å²) in [7, 11) is 1.66. The number of rotatable bonds is 6. The molecular weight excluding hydrogens is 213 g/mol. The summed E-state index contributed by atoms with van der Waals surface area (Å²) in [5.74, 6) is -0.145. The molecule has 0 saturated carbocycles. The topological polar surface area (TPSA) is 21.3 Å². The molecule has 0 bridgehead atoms. The molecule has 1 aromatic rings. The largest absolute Gasteiger partial charge is 0.383 e. The predicted molar refractivity (Wildman–Crippen MR) is 61.8 cm³/mol. The molecule has 0 saturated heterocycles. The number of methoxy groups -OCH3 is 1. The maximum Gasteiger partial charge on any atom is 0.137 e. The van der Waals surface area contributed by atoms with E-state index < -0.39 is 0 Å². The molecule has 0 unspecified atom stereocenters. The minimum atomic E-state index is -0.145. The van der Waals surface area contributed by atoms with Crippen LogP contribution in [-0.4, -0.2) is 26.5 Å². The van der Waals surface area contributed by atoms with Crippen LogP contribution in [0.4, 0.5) is 4.39 Å². The first-order valence-electron chi connectivity index (χ1n) is 4.80. The quantitative estimate of drug-likeness (QED) is 0.597. The summed E-state index contributed by atoms with van der Waals surface area (Å²) in [6.45, 7) is 2.13. The first kappa shape index (κ1) is 12.5. The molecular formula is C11H16FNOS. The van der Waals surface area contributed by atoms with Crippen molar-refractivity contribution in [2.75, 3.05) is 26.5 Å². The average molecular weight is 229 g/mol. The van der Waals surface area contributed by atoms with Crippen molar-refractivity contribution < 1.29 is 9.13 Å². The number of hydrogen-bond acceptors (Lipinski definition) is 3. The van der Waals surface area contributed by atoms with Gasteiger partial charge in [-0.3, -0.25) is 0 Å². The summed E-state index contributed by atoms with van der Waals surface area (Å²) < 4.78 is 18.3. The molecule has 0 aliphatic heterocycles. The van der Waals surface area contributed by atoms with Crippen LogP contribution in [0.3, 0.4) is 0 Å². The molecule has 1 aromatic carbocycles. The molecule has 0 heterocycles. The molecule has 1 N–H and O–H groups in total. The Balaban J connectivity index is 2.45. The van der Waals surface area contributed by atoms with Gasteiger partial charge in [-0.25, -0.2) is 4.39 Å². The Morgan fingerprint density at radius 2 is 2.27 bits per heavy atom. The van der Waals surface area contributed by atoms with Crippen molar-refractivity contribution >= 4 is 11.8 Å². The van der Waals surface area contributed by atoms with Crippen LogP contribution in [0.2, 0.25) is 0 Å². The Bertz CT molecular complexity index is 307. The van der Waals surface area contributed by atoms with Gasteiger partial charge in [-0.2, -0.15) is 0 Å². The molecule has 84 valence electrons. The van der Waals surface area contributed by atoms with E-state index in [1.54, 1.807) is 13.2 Å². The Hall–Kier alpha value is -0.580. The Labute approximate surface area is 94.2 Å². The third-order valence-electron chi connectivity index (χ3n) is 2.03. The normalized spacial score (nSPS) is 10.6. The summed E-state index contributed by atoms with van der Waals surface area (Å²) in [6.07, 6.45) is 1.87. The molecule has 0 fully saturated rings. The fourth-order valence-electron chi connectivity index (χ4n) is 1.23. The molecule has 0 amide bonds. The Morgan fingerprint density at radius 1 is 1.47 bits per heavy atom. The first-order chi connectivity index (χ1) is 7.27. The van der Waals surface area contributed by atoms with Crippen LogP contribution in [0, 0.1) is 5.82 Å². The van der Waals surface area contributed by atoms with E-state index in [9.17, 15) is 4.39 Å². The van der Waals surface area contributed by atoms with Crippen LogP contribution < -0.4 is 5.32 Å². The number of ether oxygens (including phenoxy) is 1. The molecule has 0 aliphatic carbocycles. The predicted octanol–water partition coefficient (Wildman–Crippen LogP) is 2.28. The van der Waals surface area contributed by atoms with Gasteiger partial charge >= 0.3 is 0 Å². The molecule has 15 heavy (non-hydrogen) atoms. The smallest absolute Gasteiger partial charge is 0.137 e. The fraction of sp³-hybridized carbons (Fsp3) is 0.455. The second-order valence-electron chi connectivity index (χ2n) is 3.14. The third kappa shape index (κ3) is 4.20. The van der Waals surface area contributed by atoms with E-state index in [0.29, 0.717) is 18.0 Å². The molecule has 0 atom stereocenters. The van der Waals surface area contributed by atoms with Crippen molar-refractivity contribution in [2.24, 2.45) is 0 Å². The minimum Gasteiger partial charge on any atom is -0.383 e. The van der Waals surface area contributed by atoms with Gasteiger partial charge in [-0.15, -0.1) is 11.8 Å². The number of hydrogen-bond donors (Lipinski definition) is 1. The van der Waals surface area contributed by atoms with Gasteiger partial charge in [0.25, 0.3) is 0 Å². The van der Waals surface area contributed by atoms with E-state index in [4.69, 9.17) is 4.74 Å². The van der Waals surface area contributed by atoms with Gasteiger partial charge in [0.05, 0.1) is 6.61 Å². The van der Waals surface area contributed by atoms with Gasteiger partial charge in [0.2, 0.25) is 0 Å². The number of nitrogens with one attached hydrogen (secondary N) is 1. The molecule has 0 radical (unpaired) electrons. The minimum absolute atomic E-state index is 0.145. The zero-order valence-electron chi connectivity index (χ0n) is 9.05. The monoisotopic (exact) mass is 229 g/mol. The van der Waals surface area contributed by atoms with Crippen molar-refractivity contribution in [1.29, 1.82) is 0 Å². The highest BCUT2D eigenvalue weighted by Crippen LogP contribution is 2.19. The van der Waals surface area contributed by atoms with Crippen molar-refractivity contribution in [3.05, 3.63) is 29.6 Å². The van der Waals surface area contributed by atoms with Gasteiger partial charge in [0, 0.05) is 25.1 Å². The Kier molecular flexibility index (Phi) is 5.68. The maximum absolute atomic E-state index is 13.4. The highest BCUT2D eigenvalue weighted by Gasteiger charge is 2.01. The van der Waals surface area contributed by atoms with E-state index in [0.717, 1.165) is 12.1 Å². The van der Waals surface area contributed by atoms with Gasteiger partial charge < -0.3 is 10.1 Å². The zero-order chi connectivity index (χ0) is 11.1. The lowest BCUT2D eigenvalue weighted by molar-refractivity contribution is 0.199. The van der Waals surface area contributed by atoms with Crippen LogP contribution in [-0.2, 0) is 11.3 Å². The first-order valence-corrected chi connectivity index (χ1v) is 6.02. The Morgan fingerprint density at radius 3 is 2.87 bits per heavy atom. The van der Waals surface area contributed by atoms with Gasteiger partial charge in [-0.05, 0) is 24.0 Å². The summed E-state index contributed by atoms with van der Waals surface area (Å²) in [5.41, 5.74) is 0.960. The van der Waals surface area contributed by atoms with E-state index >= 15 is 0 Å². The molecule has 0 aromatic heterocycles. The fourth-order valence-corrected chi connectivity index (χ4v) is 1.68. The summed E-state index contributed by atoms with van der Waals surface area (Å²) >= 11 is 1.42. The van der Waals surface area contributed by atoms with E-state index in [1.807, 2.05) is 18.4 Å². The van der Waals surface area contributed by atoms with Crippen molar-refractivity contribution in [3.63, 3.8) is 0 Å². The number of benzene rings is 1. The van der Waals surface area contributed by atoms with Crippen molar-refractivity contribution in [2.45, 2.75) is 11.4 Å². The highest BCUT2D eigenvalue weighted by molar-refractivity contribution is 7.98. The number of thioether (sulfide) groups is 1. The van der Waals surface area contributed by atoms with E-state index in [1.165, 1.54) is 11.8 Å². The lowest BCUT2D eigenvalue weighted by Crippen LogP contribution is -2.18. The van der Waals surface area contributed by atoms with Gasteiger partial charge in [0.1, 0.15) is 5.82 Å². The lowest BCUT2D eigenvalue weighted by atomic mass is 10.2. The maximum atomic E-state index is 13.4. The SMILES string of the molecule is COCCNCc1ccc(SC)c(F)c1. The van der Waals surface area contributed by atoms with Crippen molar-refractivity contribution in [3.8, 4) is 0 Å². The molecule has 2 nitrogen and oxygen atoms in total. The third-order valence-corrected chi connectivity index (χ3v) is 2.80. The average Bonchev–Trinajstić information content (AvgIpc) is 2.25. The van der Waals surface area contributed by atoms with Gasteiger partial charge in [0.15, 0.2) is 0 Å². The standard InChI is InChI=1S/C11H16FNOS/c1-14-6-5-13-8-9-3-4-11(15-2)10(12)7-9/h3-4,7,13H,5-6,8H2,1-2H3. The summed E-state index contributed by atoms with van der Waals surface area (Å²) in [6, 6.07) is 5.33. The van der Waals surface area contributed by atoms with Crippen LogP contribution in [0.25, 0.3) is 0 Å². The molecule has 4 heteroatoms. The van der Waals surface area contributed by atoms with E-state index in [2.05, 4.69) is 5.32 Å². The van der Waals surface area contributed by atoms with Crippen LogP contribution in [0.15, 0.2) is 23.1 Å². The lowest BCUT2D eigenvalue weighted by Gasteiger charge is -2.06. The van der Waals surface area contributed by atoms with Crippen LogP contribution in [0.1, 0.15) is 5.56 Å². The zero-order valence-corrected chi connectivity index (χ0v) is 9.86. The second-order valence-corrected chi connectivity index (χ2v) is 3.99. The van der Waals surface area contributed by atoms with E-state index in [-0.39, 0.29) is 5.82 Å². The highest BCUT2D eigenvalue weighted by atomic mass is 32.2. The van der Waals surface area contributed by atoms with Gasteiger partial charge in [-0.1, -0.05) is 6.07 Å². The molecule has 0 aliphatic rings. The van der Waals surface area contributed by atoms with Crippen molar-refractivity contribution in [1.82, 2.24) is 5.32 Å². The summed E-state index contributed by atoms with van der Waals surface area (Å²) in [4.78, 5) is 0.690. The molecule has 0 spiro atoms. The van der Waals surface area contributed by atoms with Crippen LogP contribution in [0.5, 0.6) is 0 Å². The summed E-state index contributed by atoms with van der Waals surface area (Å²) in [5, 5.41) is 3.17. The second kappa shape index (κ2) is 6.82.